The molecule has 1 saturated heterocycles. The SMILES string of the molecule is Cc1cnc(N2CC[C@@H](O)C2)nc1. The zero-order valence-corrected chi connectivity index (χ0v) is 7.64. The second kappa shape index (κ2) is 3.30. The maximum atomic E-state index is 9.32. The van der Waals surface area contributed by atoms with Gasteiger partial charge in [0.1, 0.15) is 0 Å². The maximum Gasteiger partial charge on any atom is 0.225 e. The highest BCUT2D eigenvalue weighted by Gasteiger charge is 2.21. The van der Waals surface area contributed by atoms with Gasteiger partial charge in [0.25, 0.3) is 0 Å². The Kier molecular flexibility index (Phi) is 2.14. The summed E-state index contributed by atoms with van der Waals surface area (Å²) in [6.45, 7) is 3.47. The molecule has 1 aromatic heterocycles. The summed E-state index contributed by atoms with van der Waals surface area (Å²) < 4.78 is 0. The Morgan fingerprint density at radius 3 is 2.69 bits per heavy atom. The number of β-amino-alcohol motifs (C(OH)–C–C–N with tert-alkyl or cyclic N) is 1. The van der Waals surface area contributed by atoms with E-state index in [-0.39, 0.29) is 6.10 Å². The van der Waals surface area contributed by atoms with Crippen LogP contribution in [0.15, 0.2) is 12.4 Å². The minimum absolute atomic E-state index is 0.218. The standard InChI is InChI=1S/C9H13N3O/c1-7-4-10-9(11-5-7)12-3-2-8(13)6-12/h4-5,8,13H,2-3,6H2,1H3/t8-/m1/s1. The van der Waals surface area contributed by atoms with Gasteiger partial charge in [-0.1, -0.05) is 0 Å². The summed E-state index contributed by atoms with van der Waals surface area (Å²) >= 11 is 0. The number of aliphatic hydroxyl groups is 1. The summed E-state index contributed by atoms with van der Waals surface area (Å²) in [6.07, 6.45) is 4.20. The lowest BCUT2D eigenvalue weighted by Crippen LogP contribution is -2.23. The summed E-state index contributed by atoms with van der Waals surface area (Å²) in [6, 6.07) is 0. The molecule has 4 heteroatoms. The molecule has 0 spiro atoms. The third kappa shape index (κ3) is 1.78. The lowest BCUT2D eigenvalue weighted by molar-refractivity contribution is 0.198. The van der Waals surface area contributed by atoms with Crippen molar-refractivity contribution in [3.63, 3.8) is 0 Å². The molecule has 4 nitrogen and oxygen atoms in total. The van der Waals surface area contributed by atoms with E-state index in [4.69, 9.17) is 0 Å². The van der Waals surface area contributed by atoms with Crippen LogP contribution in [0.3, 0.4) is 0 Å². The van der Waals surface area contributed by atoms with Crippen LogP contribution in [-0.2, 0) is 0 Å². The smallest absolute Gasteiger partial charge is 0.225 e. The maximum absolute atomic E-state index is 9.32. The van der Waals surface area contributed by atoms with Crippen molar-refractivity contribution in [1.29, 1.82) is 0 Å². The summed E-state index contributed by atoms with van der Waals surface area (Å²) in [5, 5.41) is 9.32. The van der Waals surface area contributed by atoms with Gasteiger partial charge in [0, 0.05) is 25.5 Å². The van der Waals surface area contributed by atoms with E-state index in [1.165, 1.54) is 0 Å². The number of hydrogen-bond donors (Lipinski definition) is 1. The highest BCUT2D eigenvalue weighted by Crippen LogP contribution is 2.14. The first-order valence-electron chi connectivity index (χ1n) is 4.47. The molecule has 1 fully saturated rings. The number of anilines is 1. The molecule has 0 aliphatic carbocycles. The Morgan fingerprint density at radius 2 is 2.15 bits per heavy atom. The molecule has 2 heterocycles. The zero-order chi connectivity index (χ0) is 9.26. The molecule has 0 aromatic carbocycles. The van der Waals surface area contributed by atoms with Crippen LogP contribution in [0.5, 0.6) is 0 Å². The minimum atomic E-state index is -0.218. The Bertz CT molecular complexity index is 285. The highest BCUT2D eigenvalue weighted by atomic mass is 16.3. The van der Waals surface area contributed by atoms with Crippen molar-refractivity contribution in [2.75, 3.05) is 18.0 Å². The van der Waals surface area contributed by atoms with Crippen LogP contribution in [0.2, 0.25) is 0 Å². The monoisotopic (exact) mass is 179 g/mol. The molecule has 2 rings (SSSR count). The molecule has 0 unspecified atom stereocenters. The molecule has 1 aliphatic heterocycles. The van der Waals surface area contributed by atoms with Gasteiger partial charge in [-0.2, -0.15) is 0 Å². The third-order valence-electron chi connectivity index (χ3n) is 2.21. The third-order valence-corrected chi connectivity index (χ3v) is 2.21. The van der Waals surface area contributed by atoms with Crippen molar-refractivity contribution in [2.45, 2.75) is 19.4 Å². The Hall–Kier alpha value is -1.16. The van der Waals surface area contributed by atoms with E-state index in [9.17, 15) is 5.11 Å². The van der Waals surface area contributed by atoms with E-state index >= 15 is 0 Å². The van der Waals surface area contributed by atoms with Gasteiger partial charge in [-0.15, -0.1) is 0 Å². The van der Waals surface area contributed by atoms with Gasteiger partial charge in [-0.3, -0.25) is 0 Å². The fourth-order valence-electron chi connectivity index (χ4n) is 1.47. The predicted octanol–water partition coefficient (Wildman–Crippen LogP) is 0.356. The van der Waals surface area contributed by atoms with E-state index < -0.39 is 0 Å². The fraction of sp³-hybridized carbons (Fsp3) is 0.556. The number of rotatable bonds is 1. The molecule has 1 aromatic rings. The van der Waals surface area contributed by atoms with Crippen molar-refractivity contribution in [3.8, 4) is 0 Å². The minimum Gasteiger partial charge on any atom is -0.391 e. The molecule has 1 aliphatic rings. The van der Waals surface area contributed by atoms with Crippen LogP contribution in [0, 0.1) is 6.92 Å². The second-order valence-corrected chi connectivity index (χ2v) is 3.45. The zero-order valence-electron chi connectivity index (χ0n) is 7.64. The van der Waals surface area contributed by atoms with Gasteiger partial charge in [0.2, 0.25) is 5.95 Å². The number of aryl methyl sites for hydroxylation is 1. The lowest BCUT2D eigenvalue weighted by atomic mass is 10.3. The molecule has 0 saturated carbocycles. The Labute approximate surface area is 77.2 Å². The Balaban J connectivity index is 2.13. The van der Waals surface area contributed by atoms with Gasteiger partial charge >= 0.3 is 0 Å². The van der Waals surface area contributed by atoms with Gasteiger partial charge in [0.15, 0.2) is 0 Å². The van der Waals surface area contributed by atoms with Crippen LogP contribution in [0.25, 0.3) is 0 Å². The largest absolute Gasteiger partial charge is 0.391 e. The average Bonchev–Trinajstić information content (AvgIpc) is 2.53. The molecule has 13 heavy (non-hydrogen) atoms. The number of aliphatic hydroxyl groups excluding tert-OH is 1. The van der Waals surface area contributed by atoms with Gasteiger partial charge < -0.3 is 10.0 Å². The molecular weight excluding hydrogens is 166 g/mol. The van der Waals surface area contributed by atoms with Crippen LogP contribution < -0.4 is 4.90 Å². The van der Waals surface area contributed by atoms with Crippen molar-refractivity contribution in [3.05, 3.63) is 18.0 Å². The molecule has 0 amide bonds. The van der Waals surface area contributed by atoms with Crippen molar-refractivity contribution in [1.82, 2.24) is 9.97 Å². The van der Waals surface area contributed by atoms with E-state index in [2.05, 4.69) is 9.97 Å². The second-order valence-electron chi connectivity index (χ2n) is 3.45. The van der Waals surface area contributed by atoms with Crippen molar-refractivity contribution in [2.24, 2.45) is 0 Å². The summed E-state index contributed by atoms with van der Waals surface area (Å²) in [7, 11) is 0. The molecule has 0 bridgehead atoms. The average molecular weight is 179 g/mol. The molecule has 1 atom stereocenters. The first kappa shape index (κ1) is 8.44. The first-order valence-corrected chi connectivity index (χ1v) is 4.47. The molecular formula is C9H13N3O. The number of nitrogens with zero attached hydrogens (tertiary/aromatic N) is 3. The Morgan fingerprint density at radius 1 is 1.46 bits per heavy atom. The van der Waals surface area contributed by atoms with E-state index in [1.54, 1.807) is 12.4 Å². The van der Waals surface area contributed by atoms with Crippen LogP contribution >= 0.6 is 0 Å². The first-order chi connectivity index (χ1) is 6.25. The summed E-state index contributed by atoms with van der Waals surface area (Å²) in [5.74, 6) is 0.724. The van der Waals surface area contributed by atoms with Gasteiger partial charge in [-0.25, -0.2) is 9.97 Å². The van der Waals surface area contributed by atoms with E-state index in [0.717, 1.165) is 24.5 Å². The molecule has 1 N–H and O–H groups in total. The van der Waals surface area contributed by atoms with Crippen molar-refractivity contribution < 1.29 is 5.11 Å². The van der Waals surface area contributed by atoms with Gasteiger partial charge in [0.05, 0.1) is 6.10 Å². The topological polar surface area (TPSA) is 49.2 Å². The molecule has 0 radical (unpaired) electrons. The van der Waals surface area contributed by atoms with Crippen molar-refractivity contribution >= 4 is 5.95 Å². The lowest BCUT2D eigenvalue weighted by Gasteiger charge is -2.14. The van der Waals surface area contributed by atoms with Gasteiger partial charge in [-0.05, 0) is 18.9 Å². The normalized spacial score (nSPS) is 22.3. The van der Waals surface area contributed by atoms with E-state index in [0.29, 0.717) is 6.54 Å². The fourth-order valence-corrected chi connectivity index (χ4v) is 1.47. The predicted molar refractivity (Wildman–Crippen MR) is 49.6 cm³/mol. The number of aromatic nitrogens is 2. The molecule has 70 valence electrons. The summed E-state index contributed by atoms with van der Waals surface area (Å²) in [4.78, 5) is 10.4. The van der Waals surface area contributed by atoms with Crippen LogP contribution in [0.1, 0.15) is 12.0 Å². The summed E-state index contributed by atoms with van der Waals surface area (Å²) in [5.41, 5.74) is 1.06. The van der Waals surface area contributed by atoms with E-state index in [1.807, 2.05) is 11.8 Å². The number of hydrogen-bond acceptors (Lipinski definition) is 4. The van der Waals surface area contributed by atoms with Crippen LogP contribution in [0.4, 0.5) is 5.95 Å². The van der Waals surface area contributed by atoms with Crippen LogP contribution in [-0.4, -0.2) is 34.3 Å². The quantitative estimate of drug-likeness (QED) is 0.676. The highest BCUT2D eigenvalue weighted by molar-refractivity contribution is 5.31.